The molecule has 0 radical (unpaired) electrons. The van der Waals surface area contributed by atoms with Gasteiger partial charge in [0.2, 0.25) is 0 Å². The van der Waals surface area contributed by atoms with E-state index >= 15 is 0 Å². The summed E-state index contributed by atoms with van der Waals surface area (Å²) in [6.45, 7) is 2.96. The molecule has 6 nitrogen and oxygen atoms in total. The van der Waals surface area contributed by atoms with E-state index in [2.05, 4.69) is 19.4 Å². The van der Waals surface area contributed by atoms with Crippen LogP contribution in [-0.4, -0.2) is 45.3 Å². The molecule has 6 rings (SSSR count). The maximum Gasteiger partial charge on any atom is 0.165 e. The first kappa shape index (κ1) is 13.6. The standard InChI is InChI=1S/C18H23N5O/c1-2-12(1)15-18(5-7-24-8-6-18)9-22(15)16-14-17(20-10-19-16)23(11-21-14)13-3-4-13/h10-13,15H,1-9H2. The van der Waals surface area contributed by atoms with Gasteiger partial charge < -0.3 is 14.2 Å². The number of rotatable bonds is 3. The van der Waals surface area contributed by atoms with E-state index in [1.54, 1.807) is 6.33 Å². The first-order valence-corrected chi connectivity index (χ1v) is 9.38. The number of imidazole rings is 1. The van der Waals surface area contributed by atoms with Gasteiger partial charge >= 0.3 is 0 Å². The van der Waals surface area contributed by atoms with E-state index in [9.17, 15) is 0 Å². The van der Waals surface area contributed by atoms with Crippen LogP contribution in [0.4, 0.5) is 5.82 Å². The molecule has 1 atom stereocenters. The Morgan fingerprint density at radius 3 is 2.62 bits per heavy atom. The summed E-state index contributed by atoms with van der Waals surface area (Å²) in [7, 11) is 0. The van der Waals surface area contributed by atoms with Crippen molar-refractivity contribution in [1.29, 1.82) is 0 Å². The minimum Gasteiger partial charge on any atom is -0.381 e. The van der Waals surface area contributed by atoms with Crippen LogP contribution in [0.1, 0.15) is 44.6 Å². The van der Waals surface area contributed by atoms with Crippen molar-refractivity contribution >= 4 is 17.0 Å². The molecule has 2 saturated carbocycles. The maximum absolute atomic E-state index is 5.64. The van der Waals surface area contributed by atoms with Crippen molar-refractivity contribution in [2.45, 2.75) is 50.6 Å². The zero-order chi connectivity index (χ0) is 15.7. The molecule has 2 aliphatic carbocycles. The molecule has 0 bridgehead atoms. The first-order valence-electron chi connectivity index (χ1n) is 9.38. The minimum absolute atomic E-state index is 0.454. The smallest absolute Gasteiger partial charge is 0.165 e. The number of ether oxygens (including phenoxy) is 1. The van der Waals surface area contributed by atoms with Gasteiger partial charge in [-0.1, -0.05) is 0 Å². The molecule has 2 aromatic heterocycles. The van der Waals surface area contributed by atoms with Crippen LogP contribution < -0.4 is 4.90 Å². The van der Waals surface area contributed by atoms with Crippen LogP contribution in [-0.2, 0) is 4.74 Å². The summed E-state index contributed by atoms with van der Waals surface area (Å²) in [5, 5.41) is 0. The lowest BCUT2D eigenvalue weighted by Crippen LogP contribution is -2.67. The highest BCUT2D eigenvalue weighted by atomic mass is 16.5. The molecule has 6 heteroatoms. The van der Waals surface area contributed by atoms with Crippen molar-refractivity contribution in [2.75, 3.05) is 24.7 Å². The van der Waals surface area contributed by atoms with Gasteiger partial charge in [-0.3, -0.25) is 0 Å². The summed E-state index contributed by atoms with van der Waals surface area (Å²) in [5.41, 5.74) is 2.47. The molecular weight excluding hydrogens is 302 g/mol. The fourth-order valence-electron chi connectivity index (χ4n) is 5.02. The zero-order valence-corrected chi connectivity index (χ0v) is 13.9. The molecule has 1 unspecified atom stereocenters. The third-order valence-corrected chi connectivity index (χ3v) is 6.56. The van der Waals surface area contributed by atoms with E-state index in [1.165, 1.54) is 38.5 Å². The van der Waals surface area contributed by atoms with Crippen LogP contribution in [0.25, 0.3) is 11.2 Å². The van der Waals surface area contributed by atoms with Crippen LogP contribution in [0.5, 0.6) is 0 Å². The molecule has 4 heterocycles. The van der Waals surface area contributed by atoms with Gasteiger partial charge in [-0.15, -0.1) is 0 Å². The highest BCUT2D eigenvalue weighted by Crippen LogP contribution is 2.56. The molecule has 1 spiro atoms. The van der Waals surface area contributed by atoms with Gasteiger partial charge in [-0.25, -0.2) is 15.0 Å². The van der Waals surface area contributed by atoms with Gasteiger partial charge in [0.1, 0.15) is 6.33 Å². The summed E-state index contributed by atoms with van der Waals surface area (Å²) in [4.78, 5) is 16.4. The Bertz CT molecular complexity index is 788. The Balaban J connectivity index is 1.40. The largest absolute Gasteiger partial charge is 0.381 e. The van der Waals surface area contributed by atoms with Gasteiger partial charge in [-0.05, 0) is 44.4 Å². The number of anilines is 1. The zero-order valence-electron chi connectivity index (χ0n) is 13.9. The Hall–Kier alpha value is -1.69. The second-order valence-electron chi connectivity index (χ2n) is 8.14. The Morgan fingerprint density at radius 2 is 1.88 bits per heavy atom. The molecule has 0 aromatic carbocycles. The molecule has 24 heavy (non-hydrogen) atoms. The van der Waals surface area contributed by atoms with Crippen molar-refractivity contribution < 1.29 is 4.74 Å². The topological polar surface area (TPSA) is 56.1 Å². The van der Waals surface area contributed by atoms with Gasteiger partial charge in [0.05, 0.1) is 6.33 Å². The summed E-state index contributed by atoms with van der Waals surface area (Å²) in [6, 6.07) is 1.24. The Morgan fingerprint density at radius 1 is 1.04 bits per heavy atom. The van der Waals surface area contributed by atoms with Crippen molar-refractivity contribution in [3.63, 3.8) is 0 Å². The van der Waals surface area contributed by atoms with Crippen LogP contribution >= 0.6 is 0 Å². The van der Waals surface area contributed by atoms with E-state index in [4.69, 9.17) is 9.72 Å². The van der Waals surface area contributed by atoms with Gasteiger partial charge in [0, 0.05) is 37.3 Å². The van der Waals surface area contributed by atoms with E-state index < -0.39 is 0 Å². The number of hydrogen-bond acceptors (Lipinski definition) is 5. The lowest BCUT2D eigenvalue weighted by Gasteiger charge is -2.60. The third-order valence-electron chi connectivity index (χ3n) is 6.56. The molecular formula is C18H23N5O. The summed E-state index contributed by atoms with van der Waals surface area (Å²) in [5.74, 6) is 1.90. The van der Waals surface area contributed by atoms with Crippen LogP contribution in [0, 0.1) is 11.3 Å². The van der Waals surface area contributed by atoms with E-state index in [1.807, 2.05) is 6.33 Å². The van der Waals surface area contributed by atoms with E-state index in [-0.39, 0.29) is 0 Å². The number of aromatic nitrogens is 4. The number of hydrogen-bond donors (Lipinski definition) is 0. The average molecular weight is 325 g/mol. The lowest BCUT2D eigenvalue weighted by molar-refractivity contribution is -0.0339. The molecule has 4 fully saturated rings. The fraction of sp³-hybridized carbons (Fsp3) is 0.722. The second kappa shape index (κ2) is 4.69. The molecule has 2 saturated heterocycles. The quantitative estimate of drug-likeness (QED) is 0.868. The van der Waals surface area contributed by atoms with Crippen molar-refractivity contribution in [1.82, 2.24) is 19.5 Å². The van der Waals surface area contributed by atoms with E-state index in [0.29, 0.717) is 17.5 Å². The summed E-state index contributed by atoms with van der Waals surface area (Å²) < 4.78 is 7.88. The normalized spacial score (nSPS) is 29.2. The second-order valence-corrected chi connectivity index (χ2v) is 8.14. The number of nitrogens with zero attached hydrogens (tertiary/aromatic N) is 5. The van der Waals surface area contributed by atoms with Gasteiger partial charge in [-0.2, -0.15) is 0 Å². The van der Waals surface area contributed by atoms with Crippen LogP contribution in [0.15, 0.2) is 12.7 Å². The molecule has 4 aliphatic rings. The monoisotopic (exact) mass is 325 g/mol. The lowest BCUT2D eigenvalue weighted by atomic mass is 9.64. The molecule has 2 aromatic rings. The average Bonchev–Trinajstić information content (AvgIpc) is 3.53. The fourth-order valence-corrected chi connectivity index (χ4v) is 5.02. The first-order chi connectivity index (χ1) is 11.9. The van der Waals surface area contributed by atoms with Crippen LogP contribution in [0.3, 0.4) is 0 Å². The third kappa shape index (κ3) is 1.83. The van der Waals surface area contributed by atoms with Crippen molar-refractivity contribution in [3.8, 4) is 0 Å². The van der Waals surface area contributed by atoms with Gasteiger partial charge in [0.15, 0.2) is 17.0 Å². The van der Waals surface area contributed by atoms with Crippen molar-refractivity contribution in [2.24, 2.45) is 11.3 Å². The summed E-state index contributed by atoms with van der Waals surface area (Å²) >= 11 is 0. The van der Waals surface area contributed by atoms with E-state index in [0.717, 1.165) is 42.7 Å². The predicted molar refractivity (Wildman–Crippen MR) is 89.9 cm³/mol. The molecule has 2 aliphatic heterocycles. The van der Waals surface area contributed by atoms with Crippen molar-refractivity contribution in [3.05, 3.63) is 12.7 Å². The molecule has 0 amide bonds. The highest BCUT2D eigenvalue weighted by Gasteiger charge is 2.58. The Labute approximate surface area is 141 Å². The molecule has 0 N–H and O–H groups in total. The maximum atomic E-state index is 5.64. The SMILES string of the molecule is c1nc(N2CC3(CCOCC3)C2C2CC2)c2ncn(C3CC3)c2n1. The Kier molecular flexibility index (Phi) is 2.65. The number of fused-ring (bicyclic) bond motifs is 1. The van der Waals surface area contributed by atoms with Gasteiger partial charge in [0.25, 0.3) is 0 Å². The predicted octanol–water partition coefficient (Wildman–Crippen LogP) is 2.56. The molecule has 126 valence electrons. The van der Waals surface area contributed by atoms with Crippen LogP contribution in [0.2, 0.25) is 0 Å². The minimum atomic E-state index is 0.454. The highest BCUT2D eigenvalue weighted by molar-refractivity contribution is 5.84. The summed E-state index contributed by atoms with van der Waals surface area (Å²) in [6.07, 6.45) is 11.4.